The number of hydrogen-bond donors (Lipinski definition) is 1. The second-order valence-electron chi connectivity index (χ2n) is 5.50. The highest BCUT2D eigenvalue weighted by atomic mass is 79.9. The van der Waals surface area contributed by atoms with E-state index >= 15 is 0 Å². The molecule has 27 heavy (non-hydrogen) atoms. The summed E-state index contributed by atoms with van der Waals surface area (Å²) in [4.78, 5) is 22.3. The molecule has 0 spiro atoms. The lowest BCUT2D eigenvalue weighted by Gasteiger charge is -2.06. The standard InChI is InChI=1S/C17H13BrN4O4S/c1-10-2-4-11(5-3-10)16-20-21-17(26-16)27-9-15(23)19-14-7-6-12(22(24)25)8-13(14)18/h2-8H,9H2,1H3,(H,19,23). The number of carbonyl (C=O) groups is 1. The minimum atomic E-state index is -0.507. The van der Waals surface area contributed by atoms with Crippen molar-refractivity contribution >= 4 is 45.0 Å². The molecule has 0 aliphatic carbocycles. The molecule has 1 N–H and O–H groups in total. The van der Waals surface area contributed by atoms with Gasteiger partial charge < -0.3 is 9.73 Å². The van der Waals surface area contributed by atoms with E-state index in [1.165, 1.54) is 18.2 Å². The number of anilines is 1. The Morgan fingerprint density at radius 1 is 1.26 bits per heavy atom. The highest BCUT2D eigenvalue weighted by Crippen LogP contribution is 2.28. The zero-order valence-electron chi connectivity index (χ0n) is 14.0. The molecule has 0 unspecified atom stereocenters. The van der Waals surface area contributed by atoms with Crippen LogP contribution in [0.2, 0.25) is 0 Å². The Morgan fingerprint density at radius 3 is 2.67 bits per heavy atom. The van der Waals surface area contributed by atoms with Gasteiger partial charge in [-0.05, 0) is 41.1 Å². The van der Waals surface area contributed by atoms with Gasteiger partial charge >= 0.3 is 0 Å². The second kappa shape index (κ2) is 8.31. The maximum Gasteiger partial charge on any atom is 0.277 e. The Hall–Kier alpha value is -2.72. The number of nitrogens with one attached hydrogen (secondary N) is 1. The molecule has 3 rings (SSSR count). The van der Waals surface area contributed by atoms with Crippen LogP contribution in [-0.4, -0.2) is 26.8 Å². The highest BCUT2D eigenvalue weighted by Gasteiger charge is 2.14. The zero-order valence-corrected chi connectivity index (χ0v) is 16.4. The quantitative estimate of drug-likeness (QED) is 0.336. The third kappa shape index (κ3) is 4.92. The van der Waals surface area contributed by atoms with E-state index in [2.05, 4.69) is 31.4 Å². The minimum absolute atomic E-state index is 0.0545. The van der Waals surface area contributed by atoms with E-state index in [-0.39, 0.29) is 22.6 Å². The van der Waals surface area contributed by atoms with Gasteiger partial charge in [-0.15, -0.1) is 10.2 Å². The average Bonchev–Trinajstić information content (AvgIpc) is 3.11. The molecule has 1 aromatic heterocycles. The molecule has 0 aliphatic rings. The summed E-state index contributed by atoms with van der Waals surface area (Å²) in [6, 6.07) is 11.8. The fourth-order valence-corrected chi connectivity index (χ4v) is 3.14. The molecular formula is C17H13BrN4O4S. The summed E-state index contributed by atoms with van der Waals surface area (Å²) in [5.41, 5.74) is 2.31. The second-order valence-corrected chi connectivity index (χ2v) is 7.28. The minimum Gasteiger partial charge on any atom is -0.411 e. The monoisotopic (exact) mass is 448 g/mol. The van der Waals surface area contributed by atoms with Crippen LogP contribution in [-0.2, 0) is 4.79 Å². The predicted octanol–water partition coefficient (Wildman–Crippen LogP) is 4.45. The number of amides is 1. The number of aryl methyl sites for hydroxylation is 1. The van der Waals surface area contributed by atoms with Crippen molar-refractivity contribution in [3.8, 4) is 11.5 Å². The summed E-state index contributed by atoms with van der Waals surface area (Å²) in [5.74, 6) is 0.138. The molecule has 0 saturated heterocycles. The summed E-state index contributed by atoms with van der Waals surface area (Å²) in [6.07, 6.45) is 0. The number of hydrogen-bond acceptors (Lipinski definition) is 7. The third-order valence-electron chi connectivity index (χ3n) is 3.47. The van der Waals surface area contributed by atoms with Gasteiger partial charge in [0.15, 0.2) is 0 Å². The fraction of sp³-hybridized carbons (Fsp3) is 0.118. The number of halogens is 1. The lowest BCUT2D eigenvalue weighted by atomic mass is 10.1. The van der Waals surface area contributed by atoms with Crippen LogP contribution in [0.4, 0.5) is 11.4 Å². The first kappa shape index (κ1) is 19.1. The summed E-state index contributed by atoms with van der Waals surface area (Å²) in [5, 5.41) is 21.6. The van der Waals surface area contributed by atoms with Gasteiger partial charge in [-0.3, -0.25) is 14.9 Å². The first-order chi connectivity index (χ1) is 12.9. The van der Waals surface area contributed by atoms with E-state index in [9.17, 15) is 14.9 Å². The third-order valence-corrected chi connectivity index (χ3v) is 4.94. The molecule has 0 radical (unpaired) electrons. The van der Waals surface area contributed by atoms with Crippen molar-refractivity contribution in [2.24, 2.45) is 0 Å². The van der Waals surface area contributed by atoms with Gasteiger partial charge in [0.05, 0.1) is 16.4 Å². The number of thioether (sulfide) groups is 1. The molecule has 0 aliphatic heterocycles. The number of aromatic nitrogens is 2. The van der Waals surface area contributed by atoms with Crippen molar-refractivity contribution in [2.75, 3.05) is 11.1 Å². The van der Waals surface area contributed by atoms with Gasteiger partial charge in [0.1, 0.15) is 0 Å². The summed E-state index contributed by atoms with van der Waals surface area (Å²) < 4.78 is 5.98. The number of carbonyl (C=O) groups excluding carboxylic acids is 1. The molecule has 0 atom stereocenters. The Morgan fingerprint density at radius 2 is 2.00 bits per heavy atom. The van der Waals surface area contributed by atoms with Gasteiger partial charge in [0.2, 0.25) is 11.8 Å². The molecule has 0 fully saturated rings. The van der Waals surface area contributed by atoms with Crippen LogP contribution in [0, 0.1) is 17.0 Å². The Labute approximate surface area is 166 Å². The molecule has 138 valence electrons. The van der Waals surface area contributed by atoms with Crippen LogP contribution < -0.4 is 5.32 Å². The molecule has 10 heteroatoms. The maximum absolute atomic E-state index is 12.1. The molecule has 1 amide bonds. The van der Waals surface area contributed by atoms with Crippen LogP contribution in [0.5, 0.6) is 0 Å². The van der Waals surface area contributed by atoms with Gasteiger partial charge in [-0.2, -0.15) is 0 Å². The molecule has 8 nitrogen and oxygen atoms in total. The molecular weight excluding hydrogens is 436 g/mol. The van der Waals surface area contributed by atoms with Crippen molar-refractivity contribution in [1.82, 2.24) is 10.2 Å². The van der Waals surface area contributed by atoms with E-state index < -0.39 is 4.92 Å². The Bertz CT molecular complexity index is 991. The van der Waals surface area contributed by atoms with Crippen LogP contribution >= 0.6 is 27.7 Å². The Balaban J connectivity index is 1.58. The molecule has 2 aromatic carbocycles. The lowest BCUT2D eigenvalue weighted by Crippen LogP contribution is -2.14. The van der Waals surface area contributed by atoms with Crippen molar-refractivity contribution in [3.05, 3.63) is 62.6 Å². The summed E-state index contributed by atoms with van der Waals surface area (Å²) >= 11 is 4.31. The van der Waals surface area contributed by atoms with Gasteiger partial charge in [-0.25, -0.2) is 0 Å². The number of benzene rings is 2. The molecule has 0 bridgehead atoms. The van der Waals surface area contributed by atoms with Crippen molar-refractivity contribution in [2.45, 2.75) is 12.1 Å². The first-order valence-corrected chi connectivity index (χ1v) is 9.47. The largest absolute Gasteiger partial charge is 0.411 e. The average molecular weight is 449 g/mol. The van der Waals surface area contributed by atoms with Crippen LogP contribution in [0.25, 0.3) is 11.5 Å². The van der Waals surface area contributed by atoms with E-state index in [1.54, 1.807) is 0 Å². The topological polar surface area (TPSA) is 111 Å². The van der Waals surface area contributed by atoms with Crippen LogP contribution in [0.15, 0.2) is 56.6 Å². The maximum atomic E-state index is 12.1. The Kier molecular flexibility index (Phi) is 5.87. The van der Waals surface area contributed by atoms with Gasteiger partial charge in [0.25, 0.3) is 10.9 Å². The number of nitro benzene ring substituents is 1. The first-order valence-electron chi connectivity index (χ1n) is 7.69. The number of nitro groups is 1. The van der Waals surface area contributed by atoms with Gasteiger partial charge in [0, 0.05) is 22.2 Å². The van der Waals surface area contributed by atoms with E-state index in [1.807, 2.05) is 31.2 Å². The number of non-ortho nitro benzene ring substituents is 1. The lowest BCUT2D eigenvalue weighted by molar-refractivity contribution is -0.384. The SMILES string of the molecule is Cc1ccc(-c2nnc(SCC(=O)Nc3ccc([N+](=O)[O-])cc3Br)o2)cc1. The van der Waals surface area contributed by atoms with Crippen molar-refractivity contribution in [1.29, 1.82) is 0 Å². The molecule has 1 heterocycles. The molecule has 0 saturated carbocycles. The zero-order chi connectivity index (χ0) is 19.4. The summed E-state index contributed by atoms with van der Waals surface area (Å²) in [7, 11) is 0. The molecule has 3 aromatic rings. The van der Waals surface area contributed by atoms with Crippen molar-refractivity contribution in [3.63, 3.8) is 0 Å². The van der Waals surface area contributed by atoms with E-state index in [4.69, 9.17) is 4.42 Å². The number of nitrogens with zero attached hydrogens (tertiary/aromatic N) is 3. The van der Waals surface area contributed by atoms with Crippen LogP contribution in [0.1, 0.15) is 5.56 Å². The highest BCUT2D eigenvalue weighted by molar-refractivity contribution is 9.10. The normalized spacial score (nSPS) is 10.6. The van der Waals surface area contributed by atoms with Crippen molar-refractivity contribution < 1.29 is 14.1 Å². The summed E-state index contributed by atoms with van der Waals surface area (Å²) in [6.45, 7) is 1.99. The predicted molar refractivity (Wildman–Crippen MR) is 105 cm³/mol. The number of rotatable bonds is 6. The van der Waals surface area contributed by atoms with E-state index in [0.29, 0.717) is 16.1 Å². The van der Waals surface area contributed by atoms with Gasteiger partial charge in [-0.1, -0.05) is 29.5 Å². The smallest absolute Gasteiger partial charge is 0.277 e. The van der Waals surface area contributed by atoms with E-state index in [0.717, 1.165) is 22.9 Å². The van der Waals surface area contributed by atoms with Crippen LogP contribution in [0.3, 0.4) is 0 Å². The fourth-order valence-electron chi connectivity index (χ4n) is 2.11.